The second kappa shape index (κ2) is 7.87. The smallest absolute Gasteiger partial charge is 0.250 e. The minimum Gasteiger partial charge on any atom is -0.390 e. The third-order valence-corrected chi connectivity index (χ3v) is 6.25. The van der Waals surface area contributed by atoms with Crippen LogP contribution in [0.25, 0.3) is 5.69 Å². The molecule has 2 aliphatic rings. The Balaban J connectivity index is 1.78. The Morgan fingerprint density at radius 1 is 1.27 bits per heavy atom. The van der Waals surface area contributed by atoms with Crippen molar-refractivity contribution in [2.45, 2.75) is 71.4 Å². The molecular weight excluding hydrogens is 380 g/mol. The van der Waals surface area contributed by atoms with Gasteiger partial charge < -0.3 is 16.2 Å². The van der Waals surface area contributed by atoms with Gasteiger partial charge in [0, 0.05) is 18.2 Å². The van der Waals surface area contributed by atoms with E-state index in [4.69, 9.17) is 5.73 Å². The molecule has 1 heterocycles. The number of aliphatic hydroxyl groups is 1. The Bertz CT molecular complexity index is 987. The number of hydrogen-bond donors (Lipinski definition) is 3. The summed E-state index contributed by atoms with van der Waals surface area (Å²) in [6, 6.07) is 5.71. The van der Waals surface area contributed by atoms with Crippen molar-refractivity contribution in [1.82, 2.24) is 9.78 Å². The van der Waals surface area contributed by atoms with Crippen LogP contribution in [0.1, 0.15) is 84.5 Å². The fraction of sp³-hybridized carbons (Fsp3) is 0.522. The summed E-state index contributed by atoms with van der Waals surface area (Å²) in [5, 5.41) is 17.9. The maximum absolute atomic E-state index is 12.8. The SMILES string of the molecule is CC1(C)CC(=O)c2c(CO)nn(-c3ccc(C(N)=O)c(NC4CCCCC4)c3)c2C1. The second-order valence-electron chi connectivity index (χ2n) is 9.35. The van der Waals surface area contributed by atoms with E-state index in [1.54, 1.807) is 16.8 Å². The minimum atomic E-state index is -0.477. The number of nitrogens with one attached hydrogen (secondary N) is 1. The first-order chi connectivity index (χ1) is 14.3. The van der Waals surface area contributed by atoms with Crippen LogP contribution in [0.3, 0.4) is 0 Å². The van der Waals surface area contributed by atoms with E-state index in [9.17, 15) is 14.7 Å². The van der Waals surface area contributed by atoms with Gasteiger partial charge in [0.05, 0.1) is 34.8 Å². The highest BCUT2D eigenvalue weighted by Crippen LogP contribution is 2.37. The molecule has 1 fully saturated rings. The number of primary amides is 1. The van der Waals surface area contributed by atoms with Crippen LogP contribution >= 0.6 is 0 Å². The van der Waals surface area contributed by atoms with E-state index in [1.165, 1.54) is 19.3 Å². The van der Waals surface area contributed by atoms with Gasteiger partial charge in [-0.3, -0.25) is 9.59 Å². The summed E-state index contributed by atoms with van der Waals surface area (Å²) >= 11 is 0. The van der Waals surface area contributed by atoms with E-state index < -0.39 is 5.91 Å². The number of carbonyl (C=O) groups is 2. The highest BCUT2D eigenvalue weighted by molar-refractivity contribution is 6.00. The summed E-state index contributed by atoms with van der Waals surface area (Å²) in [4.78, 5) is 24.8. The number of ketones is 1. The Kier molecular flexibility index (Phi) is 5.40. The Hall–Kier alpha value is -2.67. The summed E-state index contributed by atoms with van der Waals surface area (Å²) in [7, 11) is 0. The molecule has 4 rings (SSSR count). The third kappa shape index (κ3) is 3.86. The quantitative estimate of drug-likeness (QED) is 0.700. The molecule has 0 atom stereocenters. The van der Waals surface area contributed by atoms with Gasteiger partial charge in [0.1, 0.15) is 0 Å². The van der Waals surface area contributed by atoms with E-state index in [1.807, 2.05) is 6.07 Å². The maximum Gasteiger partial charge on any atom is 0.250 e. The highest BCUT2D eigenvalue weighted by atomic mass is 16.3. The Morgan fingerprint density at radius 2 is 2.00 bits per heavy atom. The van der Waals surface area contributed by atoms with Crippen LogP contribution in [-0.2, 0) is 13.0 Å². The molecule has 0 saturated heterocycles. The van der Waals surface area contributed by atoms with Gasteiger partial charge in [0.25, 0.3) is 5.91 Å². The molecule has 7 heteroatoms. The van der Waals surface area contributed by atoms with Crippen molar-refractivity contribution in [3.63, 3.8) is 0 Å². The lowest BCUT2D eigenvalue weighted by molar-refractivity contribution is 0.0907. The van der Waals surface area contributed by atoms with Gasteiger partial charge in [0.15, 0.2) is 5.78 Å². The van der Waals surface area contributed by atoms with Gasteiger partial charge in [-0.2, -0.15) is 5.10 Å². The van der Waals surface area contributed by atoms with Crippen molar-refractivity contribution < 1.29 is 14.7 Å². The molecule has 2 aromatic rings. The molecule has 0 aliphatic heterocycles. The van der Waals surface area contributed by atoms with Crippen LogP contribution in [0.2, 0.25) is 0 Å². The van der Waals surface area contributed by atoms with Crippen LogP contribution in [0.4, 0.5) is 5.69 Å². The van der Waals surface area contributed by atoms with E-state index in [2.05, 4.69) is 24.3 Å². The molecule has 1 saturated carbocycles. The molecule has 0 unspecified atom stereocenters. The van der Waals surface area contributed by atoms with Crippen molar-refractivity contribution in [2.24, 2.45) is 11.1 Å². The van der Waals surface area contributed by atoms with Gasteiger partial charge in [-0.25, -0.2) is 4.68 Å². The zero-order valence-electron chi connectivity index (χ0n) is 17.7. The second-order valence-corrected chi connectivity index (χ2v) is 9.35. The molecule has 1 amide bonds. The predicted molar refractivity (Wildman–Crippen MR) is 115 cm³/mol. The average Bonchev–Trinajstić information content (AvgIpc) is 3.06. The first-order valence-corrected chi connectivity index (χ1v) is 10.7. The van der Waals surface area contributed by atoms with Gasteiger partial charge >= 0.3 is 0 Å². The maximum atomic E-state index is 12.8. The summed E-state index contributed by atoms with van der Waals surface area (Å²) < 4.78 is 1.75. The molecule has 1 aromatic carbocycles. The van der Waals surface area contributed by atoms with Gasteiger partial charge in [-0.05, 0) is 42.9 Å². The number of carbonyl (C=O) groups excluding carboxylic acids is 2. The van der Waals surface area contributed by atoms with Crippen molar-refractivity contribution >= 4 is 17.4 Å². The van der Waals surface area contributed by atoms with E-state index in [0.717, 1.165) is 24.2 Å². The zero-order valence-corrected chi connectivity index (χ0v) is 17.7. The lowest BCUT2D eigenvalue weighted by Gasteiger charge is -2.29. The van der Waals surface area contributed by atoms with Gasteiger partial charge in [-0.1, -0.05) is 33.1 Å². The summed E-state index contributed by atoms with van der Waals surface area (Å²) in [5.41, 5.74) is 9.10. The third-order valence-electron chi connectivity index (χ3n) is 6.25. The number of rotatable bonds is 5. The first-order valence-electron chi connectivity index (χ1n) is 10.7. The number of fused-ring (bicyclic) bond motifs is 1. The minimum absolute atomic E-state index is 0.0193. The molecule has 160 valence electrons. The molecule has 2 aliphatic carbocycles. The van der Waals surface area contributed by atoms with Crippen LogP contribution < -0.4 is 11.1 Å². The fourth-order valence-corrected chi connectivity index (χ4v) is 4.82. The number of amides is 1. The fourth-order valence-electron chi connectivity index (χ4n) is 4.82. The van der Waals surface area contributed by atoms with E-state index >= 15 is 0 Å². The van der Waals surface area contributed by atoms with Crippen molar-refractivity contribution in [3.05, 3.63) is 40.7 Å². The molecule has 1 aromatic heterocycles. The van der Waals surface area contributed by atoms with Crippen LogP contribution in [-0.4, -0.2) is 32.6 Å². The zero-order chi connectivity index (χ0) is 21.5. The van der Waals surface area contributed by atoms with Crippen molar-refractivity contribution in [1.29, 1.82) is 0 Å². The predicted octanol–water partition coefficient (Wildman–Crippen LogP) is 3.36. The number of Topliss-reactive ketones (excluding diaryl/α,β-unsaturated/α-hetero) is 1. The topological polar surface area (TPSA) is 110 Å². The number of nitrogens with zero attached hydrogens (tertiary/aromatic N) is 2. The number of aliphatic hydroxyl groups excluding tert-OH is 1. The number of hydrogen-bond acceptors (Lipinski definition) is 5. The highest BCUT2D eigenvalue weighted by Gasteiger charge is 2.36. The lowest BCUT2D eigenvalue weighted by Crippen LogP contribution is -2.28. The molecule has 0 radical (unpaired) electrons. The molecule has 0 bridgehead atoms. The monoisotopic (exact) mass is 410 g/mol. The first kappa shape index (κ1) is 20.6. The number of aromatic nitrogens is 2. The largest absolute Gasteiger partial charge is 0.390 e. The lowest BCUT2D eigenvalue weighted by atomic mass is 9.75. The van der Waals surface area contributed by atoms with Crippen LogP contribution in [0.5, 0.6) is 0 Å². The molecule has 0 spiro atoms. The van der Waals surface area contributed by atoms with E-state index in [0.29, 0.717) is 41.4 Å². The van der Waals surface area contributed by atoms with E-state index in [-0.39, 0.29) is 17.8 Å². The standard InChI is InChI=1S/C23H30N4O3/c1-23(2)11-19-21(20(29)12-23)18(13-28)26-27(19)15-8-9-16(22(24)30)17(10-15)25-14-6-4-3-5-7-14/h8-10,14,25,28H,3-7,11-13H2,1-2H3,(H2,24,30). The van der Waals surface area contributed by atoms with Gasteiger partial charge in [-0.15, -0.1) is 0 Å². The van der Waals surface area contributed by atoms with Crippen molar-refractivity contribution in [3.8, 4) is 5.69 Å². The van der Waals surface area contributed by atoms with Gasteiger partial charge in [0.2, 0.25) is 0 Å². The Labute approximate surface area is 176 Å². The number of nitrogens with two attached hydrogens (primary N) is 1. The van der Waals surface area contributed by atoms with Crippen LogP contribution in [0.15, 0.2) is 18.2 Å². The Morgan fingerprint density at radius 3 is 2.67 bits per heavy atom. The molecular formula is C23H30N4O3. The normalized spacial score (nSPS) is 18.8. The summed E-state index contributed by atoms with van der Waals surface area (Å²) in [6.07, 6.45) is 6.85. The molecule has 4 N–H and O–H groups in total. The summed E-state index contributed by atoms with van der Waals surface area (Å²) in [5.74, 6) is -0.458. The molecule has 7 nitrogen and oxygen atoms in total. The van der Waals surface area contributed by atoms with Crippen LogP contribution in [0, 0.1) is 5.41 Å². The van der Waals surface area contributed by atoms with Crippen molar-refractivity contribution in [2.75, 3.05) is 5.32 Å². The average molecular weight is 411 g/mol. The number of benzene rings is 1. The molecule has 30 heavy (non-hydrogen) atoms. The number of anilines is 1. The summed E-state index contributed by atoms with van der Waals surface area (Å²) in [6.45, 7) is 3.85.